The molecule has 0 aromatic rings. The van der Waals surface area contributed by atoms with Crippen molar-refractivity contribution in [2.24, 2.45) is 40.4 Å². The lowest BCUT2D eigenvalue weighted by molar-refractivity contribution is 0.0321. The van der Waals surface area contributed by atoms with Gasteiger partial charge in [0.15, 0.2) is 0 Å². The van der Waals surface area contributed by atoms with Gasteiger partial charge in [0.25, 0.3) is 0 Å². The minimum atomic E-state index is -0.122. The summed E-state index contributed by atoms with van der Waals surface area (Å²) in [7, 11) is 0. The minimum Gasteiger partial charge on any atom is -0.396 e. The van der Waals surface area contributed by atoms with Gasteiger partial charge in [0.1, 0.15) is 0 Å². The SMILES string of the molecule is C[C@H](CO)CCC[C@@H](C)[C@H]1CC[C@H]2C3=CC=C4C[C@@H](O)CC[C@@]4(C)[C@@H]3CC[C@]12C. The minimum absolute atomic E-state index is 0.122. The number of hydrogen-bond acceptors (Lipinski definition) is 2. The van der Waals surface area contributed by atoms with Crippen molar-refractivity contribution in [1.29, 1.82) is 0 Å². The van der Waals surface area contributed by atoms with Crippen molar-refractivity contribution >= 4 is 0 Å². The molecular weight excluding hydrogens is 356 g/mol. The number of fused-ring (bicyclic) bond motifs is 5. The third-order valence-electron chi connectivity index (χ3n) is 9.97. The zero-order valence-electron chi connectivity index (χ0n) is 19.3. The standard InChI is InChI=1S/C27H44O2/c1-18(17-28)6-5-7-19(2)23-10-11-24-22-9-8-20-16-21(29)12-14-26(20,3)25(22)13-15-27(23,24)4/h8-9,18-19,21,23-25,28-29H,5-7,10-17H2,1-4H3/t18-,19+,21-,23+,24-,25+,26+,27+/m0/s1. The van der Waals surface area contributed by atoms with Crippen LogP contribution in [-0.2, 0) is 0 Å². The lowest BCUT2D eigenvalue weighted by Gasteiger charge is -2.55. The van der Waals surface area contributed by atoms with Gasteiger partial charge in [-0.15, -0.1) is 0 Å². The summed E-state index contributed by atoms with van der Waals surface area (Å²) >= 11 is 0. The molecule has 29 heavy (non-hydrogen) atoms. The van der Waals surface area contributed by atoms with Crippen LogP contribution in [0.25, 0.3) is 0 Å². The van der Waals surface area contributed by atoms with E-state index in [9.17, 15) is 10.2 Å². The third kappa shape index (κ3) is 3.67. The molecule has 4 aliphatic rings. The van der Waals surface area contributed by atoms with Crippen molar-refractivity contribution in [1.82, 2.24) is 0 Å². The molecule has 0 amide bonds. The smallest absolute Gasteiger partial charge is 0.0578 e. The van der Waals surface area contributed by atoms with E-state index in [1.165, 1.54) is 50.5 Å². The molecule has 0 aromatic heterocycles. The molecule has 164 valence electrons. The van der Waals surface area contributed by atoms with Gasteiger partial charge < -0.3 is 10.2 Å². The number of aliphatic hydroxyl groups excluding tert-OH is 2. The molecule has 2 nitrogen and oxygen atoms in total. The van der Waals surface area contributed by atoms with Crippen LogP contribution in [0.5, 0.6) is 0 Å². The summed E-state index contributed by atoms with van der Waals surface area (Å²) in [6.45, 7) is 10.1. The highest BCUT2D eigenvalue weighted by atomic mass is 16.3. The van der Waals surface area contributed by atoms with Gasteiger partial charge in [-0.05, 0) is 91.8 Å². The Labute approximate surface area is 178 Å². The molecule has 4 rings (SSSR count). The highest BCUT2D eigenvalue weighted by Gasteiger charge is 2.56. The fourth-order valence-electron chi connectivity index (χ4n) is 8.04. The summed E-state index contributed by atoms with van der Waals surface area (Å²) in [4.78, 5) is 0. The zero-order chi connectivity index (χ0) is 20.8. The molecule has 0 bridgehead atoms. The Bertz CT molecular complexity index is 663. The fraction of sp³-hybridized carbons (Fsp3) is 0.852. The fourth-order valence-corrected chi connectivity index (χ4v) is 8.04. The molecule has 4 aliphatic carbocycles. The van der Waals surface area contributed by atoms with Crippen molar-refractivity contribution in [3.8, 4) is 0 Å². The van der Waals surface area contributed by atoms with Gasteiger partial charge >= 0.3 is 0 Å². The molecule has 0 radical (unpaired) electrons. The Morgan fingerprint density at radius 2 is 1.79 bits per heavy atom. The first-order chi connectivity index (χ1) is 13.8. The van der Waals surface area contributed by atoms with Gasteiger partial charge in [0, 0.05) is 6.61 Å². The molecule has 3 fully saturated rings. The predicted molar refractivity (Wildman–Crippen MR) is 120 cm³/mol. The maximum absolute atomic E-state index is 10.2. The van der Waals surface area contributed by atoms with Crippen LogP contribution in [0.4, 0.5) is 0 Å². The van der Waals surface area contributed by atoms with Crippen LogP contribution >= 0.6 is 0 Å². The molecular formula is C27H44O2. The molecule has 0 saturated heterocycles. The van der Waals surface area contributed by atoms with Crippen molar-refractivity contribution in [3.63, 3.8) is 0 Å². The average molecular weight is 401 g/mol. The molecule has 0 spiro atoms. The number of hydrogen-bond donors (Lipinski definition) is 2. The maximum atomic E-state index is 10.2. The van der Waals surface area contributed by atoms with Gasteiger partial charge in [0.2, 0.25) is 0 Å². The highest BCUT2D eigenvalue weighted by Crippen LogP contribution is 2.66. The Morgan fingerprint density at radius 1 is 1.00 bits per heavy atom. The third-order valence-corrected chi connectivity index (χ3v) is 9.97. The second-order valence-electron chi connectivity index (χ2n) is 11.7. The first-order valence-corrected chi connectivity index (χ1v) is 12.5. The van der Waals surface area contributed by atoms with Gasteiger partial charge in [0.05, 0.1) is 6.10 Å². The van der Waals surface area contributed by atoms with Crippen LogP contribution in [0.2, 0.25) is 0 Å². The van der Waals surface area contributed by atoms with Crippen LogP contribution in [0, 0.1) is 40.4 Å². The van der Waals surface area contributed by atoms with Crippen LogP contribution in [-0.4, -0.2) is 22.9 Å². The second-order valence-corrected chi connectivity index (χ2v) is 11.7. The second kappa shape index (κ2) is 8.15. The summed E-state index contributed by atoms with van der Waals surface area (Å²) < 4.78 is 0. The van der Waals surface area contributed by atoms with Gasteiger partial charge in [-0.3, -0.25) is 0 Å². The molecule has 0 heterocycles. The molecule has 0 aliphatic heterocycles. The lowest BCUT2D eigenvalue weighted by Crippen LogP contribution is -2.46. The van der Waals surface area contributed by atoms with Gasteiger partial charge in [-0.1, -0.05) is 63.8 Å². The van der Waals surface area contributed by atoms with Gasteiger partial charge in [-0.25, -0.2) is 0 Å². The molecule has 0 aromatic carbocycles. The maximum Gasteiger partial charge on any atom is 0.0578 e. The van der Waals surface area contributed by atoms with Crippen molar-refractivity contribution in [2.45, 2.75) is 98.0 Å². The number of aliphatic hydroxyl groups is 2. The molecule has 3 saturated carbocycles. The quantitative estimate of drug-likeness (QED) is 0.551. The topological polar surface area (TPSA) is 40.5 Å². The van der Waals surface area contributed by atoms with Gasteiger partial charge in [-0.2, -0.15) is 0 Å². The van der Waals surface area contributed by atoms with E-state index in [0.717, 1.165) is 37.0 Å². The van der Waals surface area contributed by atoms with E-state index in [-0.39, 0.29) is 6.10 Å². The van der Waals surface area contributed by atoms with Crippen LogP contribution in [0.1, 0.15) is 91.9 Å². The Kier molecular flexibility index (Phi) is 6.08. The summed E-state index contributed by atoms with van der Waals surface area (Å²) in [5, 5.41) is 19.5. The van der Waals surface area contributed by atoms with Crippen LogP contribution in [0.15, 0.2) is 23.3 Å². The molecule has 0 unspecified atom stereocenters. The average Bonchev–Trinajstić information content (AvgIpc) is 3.05. The van der Waals surface area contributed by atoms with Crippen molar-refractivity contribution in [3.05, 3.63) is 23.3 Å². The largest absolute Gasteiger partial charge is 0.396 e. The molecule has 2 N–H and O–H groups in total. The van der Waals surface area contributed by atoms with Crippen molar-refractivity contribution in [2.75, 3.05) is 6.61 Å². The monoisotopic (exact) mass is 400 g/mol. The predicted octanol–water partition coefficient (Wildman–Crippen LogP) is 6.28. The Morgan fingerprint density at radius 3 is 2.55 bits per heavy atom. The summed E-state index contributed by atoms with van der Waals surface area (Å²) in [5.74, 6) is 3.58. The number of rotatable bonds is 6. The van der Waals surface area contributed by atoms with E-state index < -0.39 is 0 Å². The molecule has 8 atom stereocenters. The summed E-state index contributed by atoms with van der Waals surface area (Å²) in [6.07, 6.45) is 17.1. The van der Waals surface area contributed by atoms with E-state index in [2.05, 4.69) is 39.8 Å². The van der Waals surface area contributed by atoms with Crippen LogP contribution < -0.4 is 0 Å². The first-order valence-electron chi connectivity index (χ1n) is 12.5. The van der Waals surface area contributed by atoms with E-state index in [1.54, 1.807) is 5.57 Å². The van der Waals surface area contributed by atoms with Crippen molar-refractivity contribution < 1.29 is 10.2 Å². The van der Waals surface area contributed by atoms with Crippen LogP contribution in [0.3, 0.4) is 0 Å². The summed E-state index contributed by atoms with van der Waals surface area (Å²) in [5.41, 5.74) is 4.06. The Balaban J connectivity index is 1.49. The number of allylic oxidation sites excluding steroid dienone is 3. The zero-order valence-corrected chi connectivity index (χ0v) is 19.3. The van der Waals surface area contributed by atoms with E-state index >= 15 is 0 Å². The van der Waals surface area contributed by atoms with E-state index in [0.29, 0.717) is 29.3 Å². The molecule has 2 heteroatoms. The highest BCUT2D eigenvalue weighted by molar-refractivity contribution is 5.38. The lowest BCUT2D eigenvalue weighted by atomic mass is 9.50. The Hall–Kier alpha value is -0.600. The summed E-state index contributed by atoms with van der Waals surface area (Å²) in [6, 6.07) is 0. The normalized spacial score (nSPS) is 43.5. The van der Waals surface area contributed by atoms with E-state index in [1.807, 2.05) is 0 Å². The first kappa shape index (κ1) is 21.6. The van der Waals surface area contributed by atoms with E-state index in [4.69, 9.17) is 0 Å².